The molecule has 0 aliphatic carbocycles. The van der Waals surface area contributed by atoms with Crippen LogP contribution in [0.1, 0.15) is 42.1 Å². The molecule has 0 saturated heterocycles. The summed E-state index contributed by atoms with van der Waals surface area (Å²) in [5.74, 6) is 0.851. The van der Waals surface area contributed by atoms with Crippen LogP contribution in [0.25, 0.3) is 10.9 Å². The van der Waals surface area contributed by atoms with Crippen molar-refractivity contribution in [1.29, 1.82) is 0 Å². The summed E-state index contributed by atoms with van der Waals surface area (Å²) < 4.78 is 7.82. The maximum absolute atomic E-state index is 12.1. The zero-order valence-corrected chi connectivity index (χ0v) is 17.1. The molecule has 2 aromatic carbocycles. The highest BCUT2D eigenvalue weighted by molar-refractivity contribution is 6.01. The lowest BCUT2D eigenvalue weighted by Gasteiger charge is -2.12. The molecule has 5 nitrogen and oxygen atoms in total. The van der Waals surface area contributed by atoms with Gasteiger partial charge in [-0.1, -0.05) is 44.2 Å². The van der Waals surface area contributed by atoms with Gasteiger partial charge in [0.2, 0.25) is 0 Å². The molecule has 0 fully saturated rings. The van der Waals surface area contributed by atoms with Crippen LogP contribution in [0.2, 0.25) is 0 Å². The first-order valence-electron chi connectivity index (χ1n) is 9.47. The van der Waals surface area contributed by atoms with Gasteiger partial charge in [-0.05, 0) is 43.0 Å². The minimum absolute atomic E-state index is 0.0752. The van der Waals surface area contributed by atoms with E-state index >= 15 is 0 Å². The maximum atomic E-state index is 12.1. The Kier molecular flexibility index (Phi) is 5.83. The number of hydrogen-bond donors (Lipinski definition) is 1. The lowest BCUT2D eigenvalue weighted by atomic mass is 10.0. The summed E-state index contributed by atoms with van der Waals surface area (Å²) in [5, 5.41) is 5.24. The number of aryl methyl sites for hydroxylation is 2. The molecule has 28 heavy (non-hydrogen) atoms. The minimum Gasteiger partial charge on any atom is -0.483 e. The second-order valence-corrected chi connectivity index (χ2v) is 7.34. The Labute approximate surface area is 166 Å². The Morgan fingerprint density at radius 2 is 1.96 bits per heavy atom. The van der Waals surface area contributed by atoms with Crippen LogP contribution >= 0.6 is 0 Å². The highest BCUT2D eigenvalue weighted by atomic mass is 16.5. The molecule has 3 rings (SSSR count). The molecule has 1 heterocycles. The van der Waals surface area contributed by atoms with E-state index in [1.54, 1.807) is 6.21 Å². The summed E-state index contributed by atoms with van der Waals surface area (Å²) >= 11 is 0. The van der Waals surface area contributed by atoms with Crippen molar-refractivity contribution in [3.63, 3.8) is 0 Å². The molecule has 0 saturated carbocycles. The average molecular weight is 377 g/mol. The molecule has 0 aliphatic heterocycles. The molecule has 1 amide bonds. The van der Waals surface area contributed by atoms with E-state index in [4.69, 9.17) is 4.74 Å². The molecule has 0 unspecified atom stereocenters. The van der Waals surface area contributed by atoms with Crippen LogP contribution in [-0.2, 0) is 11.8 Å². The van der Waals surface area contributed by atoms with Crippen LogP contribution in [0.5, 0.6) is 5.75 Å². The van der Waals surface area contributed by atoms with Crippen LogP contribution in [0.3, 0.4) is 0 Å². The van der Waals surface area contributed by atoms with Gasteiger partial charge >= 0.3 is 0 Å². The van der Waals surface area contributed by atoms with E-state index in [9.17, 15) is 4.79 Å². The van der Waals surface area contributed by atoms with E-state index in [0.29, 0.717) is 5.92 Å². The number of hydrazone groups is 1. The molecule has 1 aromatic heterocycles. The second-order valence-electron chi connectivity index (χ2n) is 7.34. The van der Waals surface area contributed by atoms with Gasteiger partial charge in [0.1, 0.15) is 5.75 Å². The number of carbonyl (C=O) groups is 1. The van der Waals surface area contributed by atoms with E-state index in [1.165, 1.54) is 5.56 Å². The van der Waals surface area contributed by atoms with Gasteiger partial charge in [0.25, 0.3) is 5.91 Å². The fraction of sp³-hybridized carbons (Fsp3) is 0.304. The van der Waals surface area contributed by atoms with E-state index < -0.39 is 0 Å². The zero-order valence-electron chi connectivity index (χ0n) is 17.1. The maximum Gasteiger partial charge on any atom is 0.277 e. The van der Waals surface area contributed by atoms with E-state index in [0.717, 1.165) is 33.5 Å². The van der Waals surface area contributed by atoms with Gasteiger partial charge in [0, 0.05) is 29.2 Å². The van der Waals surface area contributed by atoms with Gasteiger partial charge in [0.15, 0.2) is 6.61 Å². The number of aromatic nitrogens is 1. The van der Waals surface area contributed by atoms with Crippen molar-refractivity contribution in [2.24, 2.45) is 12.1 Å². The highest BCUT2D eigenvalue weighted by Crippen LogP contribution is 2.24. The third-order valence-corrected chi connectivity index (χ3v) is 5.07. The monoisotopic (exact) mass is 377 g/mol. The van der Waals surface area contributed by atoms with Crippen molar-refractivity contribution in [2.45, 2.75) is 33.6 Å². The first kappa shape index (κ1) is 19.7. The van der Waals surface area contributed by atoms with Crippen molar-refractivity contribution in [3.8, 4) is 5.75 Å². The topological polar surface area (TPSA) is 55.6 Å². The Bertz CT molecular complexity index is 1030. The van der Waals surface area contributed by atoms with Gasteiger partial charge in [0.05, 0.1) is 6.21 Å². The SMILES string of the molecule is Cc1ccc(C(C)C)cc1OCC(=O)N/N=C\c1c(C)n(C)c2ccccc12. The smallest absolute Gasteiger partial charge is 0.277 e. The Morgan fingerprint density at radius 3 is 2.71 bits per heavy atom. The van der Waals surface area contributed by atoms with Crippen molar-refractivity contribution in [1.82, 2.24) is 9.99 Å². The molecular weight excluding hydrogens is 350 g/mol. The molecule has 0 spiro atoms. The van der Waals surface area contributed by atoms with E-state index in [1.807, 2.05) is 45.2 Å². The molecule has 0 atom stereocenters. The number of ether oxygens (including phenoxy) is 1. The summed E-state index contributed by atoms with van der Waals surface area (Å²) in [6.45, 7) is 8.19. The average Bonchev–Trinajstić information content (AvgIpc) is 2.92. The lowest BCUT2D eigenvalue weighted by Crippen LogP contribution is -2.24. The number of nitrogens with zero attached hydrogens (tertiary/aromatic N) is 2. The minimum atomic E-state index is -0.288. The van der Waals surface area contributed by atoms with Gasteiger partial charge in [-0.25, -0.2) is 5.43 Å². The summed E-state index contributed by atoms with van der Waals surface area (Å²) in [6.07, 6.45) is 1.69. The third-order valence-electron chi connectivity index (χ3n) is 5.07. The Balaban J connectivity index is 1.64. The predicted molar refractivity (Wildman–Crippen MR) is 114 cm³/mol. The second kappa shape index (κ2) is 8.30. The first-order valence-corrected chi connectivity index (χ1v) is 9.47. The van der Waals surface area contributed by atoms with Crippen LogP contribution < -0.4 is 10.2 Å². The van der Waals surface area contributed by atoms with Crippen LogP contribution in [0.4, 0.5) is 0 Å². The van der Waals surface area contributed by atoms with E-state index in [2.05, 4.69) is 47.1 Å². The van der Waals surface area contributed by atoms with Crippen LogP contribution in [-0.4, -0.2) is 23.3 Å². The first-order chi connectivity index (χ1) is 13.4. The molecule has 5 heteroatoms. The molecule has 1 N–H and O–H groups in total. The third kappa shape index (κ3) is 4.09. The highest BCUT2D eigenvalue weighted by Gasteiger charge is 2.10. The normalized spacial score (nSPS) is 11.5. The number of fused-ring (bicyclic) bond motifs is 1. The van der Waals surface area contributed by atoms with Gasteiger partial charge < -0.3 is 9.30 Å². The number of rotatable bonds is 6. The Hall–Kier alpha value is -3.08. The standard InChI is InChI=1S/C23H27N3O2/c1-15(2)18-11-10-16(3)22(12-18)28-14-23(27)25-24-13-20-17(4)26(5)21-9-7-6-8-19(20)21/h6-13,15H,14H2,1-5H3,(H,25,27)/b24-13-. The summed E-state index contributed by atoms with van der Waals surface area (Å²) in [5.41, 5.74) is 7.98. The fourth-order valence-electron chi connectivity index (χ4n) is 3.19. The predicted octanol–water partition coefficient (Wildman–Crippen LogP) is 4.45. The van der Waals surface area contributed by atoms with Crippen LogP contribution in [0.15, 0.2) is 47.6 Å². The number of benzene rings is 2. The van der Waals surface area contributed by atoms with Crippen molar-refractivity contribution in [2.75, 3.05) is 6.61 Å². The van der Waals surface area contributed by atoms with Crippen molar-refractivity contribution >= 4 is 23.0 Å². The molecule has 0 radical (unpaired) electrons. The summed E-state index contributed by atoms with van der Waals surface area (Å²) in [4.78, 5) is 12.1. The molecular formula is C23H27N3O2. The van der Waals surface area contributed by atoms with Crippen LogP contribution in [0, 0.1) is 13.8 Å². The quantitative estimate of drug-likeness (QED) is 0.510. The molecule has 0 bridgehead atoms. The number of nitrogens with one attached hydrogen (secondary N) is 1. The summed E-state index contributed by atoms with van der Waals surface area (Å²) in [6, 6.07) is 14.2. The number of carbonyl (C=O) groups excluding carboxylic acids is 1. The zero-order chi connectivity index (χ0) is 20.3. The number of amides is 1. The van der Waals surface area contributed by atoms with Gasteiger partial charge in [-0.3, -0.25) is 4.79 Å². The van der Waals surface area contributed by atoms with Gasteiger partial charge in [-0.15, -0.1) is 0 Å². The van der Waals surface area contributed by atoms with E-state index in [-0.39, 0.29) is 12.5 Å². The summed E-state index contributed by atoms with van der Waals surface area (Å²) in [7, 11) is 2.02. The number of para-hydroxylation sites is 1. The molecule has 3 aromatic rings. The fourth-order valence-corrected chi connectivity index (χ4v) is 3.19. The van der Waals surface area contributed by atoms with Crippen molar-refractivity contribution in [3.05, 3.63) is 64.8 Å². The van der Waals surface area contributed by atoms with Crippen molar-refractivity contribution < 1.29 is 9.53 Å². The number of hydrogen-bond acceptors (Lipinski definition) is 3. The largest absolute Gasteiger partial charge is 0.483 e. The molecule has 0 aliphatic rings. The van der Waals surface area contributed by atoms with Gasteiger partial charge in [-0.2, -0.15) is 5.10 Å². The Morgan fingerprint density at radius 1 is 1.21 bits per heavy atom. The molecule has 146 valence electrons. The lowest BCUT2D eigenvalue weighted by molar-refractivity contribution is -0.123.